The van der Waals surface area contributed by atoms with E-state index in [1.54, 1.807) is 0 Å². The van der Waals surface area contributed by atoms with Crippen molar-refractivity contribution < 1.29 is 32.2 Å². The van der Waals surface area contributed by atoms with Gasteiger partial charge in [0.25, 0.3) is 0 Å². The lowest BCUT2D eigenvalue weighted by atomic mass is 10.0. The van der Waals surface area contributed by atoms with Crippen LogP contribution >= 0.6 is 0 Å². The topological polar surface area (TPSA) is 59.4 Å². The van der Waals surface area contributed by atoms with Gasteiger partial charge in [0.05, 0.1) is 12.1 Å². The number of carbonyl (C=O) groups is 1. The fraction of sp³-hybridized carbons (Fsp3) is 0.143. The maximum Gasteiger partial charge on any atom is 0.573 e. The number of para-hydroxylation sites is 1. The van der Waals surface area contributed by atoms with E-state index in [0.29, 0.717) is 0 Å². The fourth-order valence-electron chi connectivity index (χ4n) is 1.90. The molecule has 2 aromatic rings. The van der Waals surface area contributed by atoms with E-state index in [4.69, 9.17) is 5.11 Å². The minimum atomic E-state index is -4.91. The number of carboxylic acids is 1. The third kappa shape index (κ3) is 3.94. The minimum Gasteiger partial charge on any atom is -0.481 e. The number of benzene rings is 1. The summed E-state index contributed by atoms with van der Waals surface area (Å²) in [6, 6.07) is 7.27. The maximum absolute atomic E-state index is 13.2. The number of aliphatic carboxylic acids is 1. The summed E-state index contributed by atoms with van der Waals surface area (Å²) in [4.78, 5) is 14.2. The molecule has 22 heavy (non-hydrogen) atoms. The van der Waals surface area contributed by atoms with E-state index in [1.165, 1.54) is 24.3 Å². The standard InChI is InChI=1S/C14H9F4NO3/c15-12-6-5-8(10(19-12)7-13(20)21)9-3-1-2-4-11(9)22-14(16,17)18/h1-6H,7H2,(H,20,21). The number of halogens is 4. The van der Waals surface area contributed by atoms with E-state index >= 15 is 0 Å². The van der Waals surface area contributed by atoms with Gasteiger partial charge in [0.2, 0.25) is 5.95 Å². The largest absolute Gasteiger partial charge is 0.573 e. The van der Waals surface area contributed by atoms with Crippen molar-refractivity contribution in [3.8, 4) is 16.9 Å². The van der Waals surface area contributed by atoms with Crippen molar-refractivity contribution in [2.45, 2.75) is 12.8 Å². The first-order chi connectivity index (χ1) is 10.3. The van der Waals surface area contributed by atoms with Crippen LogP contribution in [0.4, 0.5) is 17.6 Å². The second kappa shape index (κ2) is 6.00. The van der Waals surface area contributed by atoms with Gasteiger partial charge in [-0.1, -0.05) is 18.2 Å². The lowest BCUT2D eigenvalue weighted by molar-refractivity contribution is -0.274. The number of alkyl halides is 3. The monoisotopic (exact) mass is 315 g/mol. The Hall–Kier alpha value is -2.64. The Labute approximate surface area is 122 Å². The van der Waals surface area contributed by atoms with Crippen LogP contribution in [-0.2, 0) is 11.2 Å². The number of carboxylic acid groups (broad SMARTS) is 1. The molecule has 1 aromatic heterocycles. The molecule has 1 heterocycles. The van der Waals surface area contributed by atoms with Crippen LogP contribution in [0.5, 0.6) is 5.75 Å². The molecule has 0 fully saturated rings. The number of pyridine rings is 1. The molecule has 0 spiro atoms. The second-order valence-corrected chi connectivity index (χ2v) is 4.24. The van der Waals surface area contributed by atoms with Gasteiger partial charge < -0.3 is 9.84 Å². The molecule has 0 radical (unpaired) electrons. The number of hydrogen-bond acceptors (Lipinski definition) is 3. The van der Waals surface area contributed by atoms with E-state index in [9.17, 15) is 22.4 Å². The second-order valence-electron chi connectivity index (χ2n) is 4.24. The van der Waals surface area contributed by atoms with E-state index < -0.39 is 30.4 Å². The van der Waals surface area contributed by atoms with E-state index in [-0.39, 0.29) is 16.8 Å². The fourth-order valence-corrected chi connectivity index (χ4v) is 1.90. The molecule has 0 aliphatic rings. The molecule has 0 saturated heterocycles. The molecule has 0 bridgehead atoms. The van der Waals surface area contributed by atoms with Crippen molar-refractivity contribution in [3.05, 3.63) is 48.0 Å². The highest BCUT2D eigenvalue weighted by Gasteiger charge is 2.32. The van der Waals surface area contributed by atoms with Gasteiger partial charge in [-0.25, -0.2) is 4.98 Å². The molecular weight excluding hydrogens is 306 g/mol. The molecule has 116 valence electrons. The molecule has 4 nitrogen and oxygen atoms in total. The Balaban J connectivity index is 2.54. The molecule has 0 aliphatic heterocycles. The highest BCUT2D eigenvalue weighted by Crippen LogP contribution is 2.35. The summed E-state index contributed by atoms with van der Waals surface area (Å²) in [7, 11) is 0. The maximum atomic E-state index is 13.2. The van der Waals surface area contributed by atoms with Crippen LogP contribution in [0.3, 0.4) is 0 Å². The van der Waals surface area contributed by atoms with Gasteiger partial charge in [-0.15, -0.1) is 13.2 Å². The number of aromatic nitrogens is 1. The third-order valence-corrected chi connectivity index (χ3v) is 2.66. The van der Waals surface area contributed by atoms with Gasteiger partial charge >= 0.3 is 12.3 Å². The zero-order chi connectivity index (χ0) is 16.3. The molecule has 0 aliphatic carbocycles. The molecule has 0 unspecified atom stereocenters. The van der Waals surface area contributed by atoms with Gasteiger partial charge in [0, 0.05) is 11.1 Å². The molecule has 0 amide bonds. The Bertz CT molecular complexity index is 701. The Kier molecular flexibility index (Phi) is 4.30. The van der Waals surface area contributed by atoms with Gasteiger partial charge in [-0.05, 0) is 18.2 Å². The summed E-state index contributed by atoms with van der Waals surface area (Å²) in [5.41, 5.74) is -0.155. The predicted molar refractivity (Wildman–Crippen MR) is 67.7 cm³/mol. The quantitative estimate of drug-likeness (QED) is 0.694. The first-order valence-corrected chi connectivity index (χ1v) is 5.98. The summed E-state index contributed by atoms with van der Waals surface area (Å²) in [5.74, 6) is -2.72. The Morgan fingerprint density at radius 2 is 1.82 bits per heavy atom. The molecule has 0 saturated carbocycles. The van der Waals surface area contributed by atoms with Crippen molar-refractivity contribution >= 4 is 5.97 Å². The van der Waals surface area contributed by atoms with Crippen LogP contribution in [0.15, 0.2) is 36.4 Å². The lowest BCUT2D eigenvalue weighted by Gasteiger charge is -2.14. The molecule has 0 atom stereocenters. The average Bonchev–Trinajstić information content (AvgIpc) is 2.37. The van der Waals surface area contributed by atoms with Crippen LogP contribution in [0.25, 0.3) is 11.1 Å². The van der Waals surface area contributed by atoms with Gasteiger partial charge in [0.15, 0.2) is 0 Å². The van der Waals surface area contributed by atoms with E-state index in [0.717, 1.165) is 12.1 Å². The van der Waals surface area contributed by atoms with Crippen molar-refractivity contribution in [3.63, 3.8) is 0 Å². The van der Waals surface area contributed by atoms with E-state index in [2.05, 4.69) is 9.72 Å². The molecule has 2 rings (SSSR count). The first kappa shape index (κ1) is 15.7. The van der Waals surface area contributed by atoms with Crippen molar-refractivity contribution in [1.82, 2.24) is 4.98 Å². The SMILES string of the molecule is O=C(O)Cc1nc(F)ccc1-c1ccccc1OC(F)(F)F. The smallest absolute Gasteiger partial charge is 0.481 e. The summed E-state index contributed by atoms with van der Waals surface area (Å²) in [6.45, 7) is 0. The third-order valence-electron chi connectivity index (χ3n) is 2.66. The highest BCUT2D eigenvalue weighted by molar-refractivity contribution is 5.77. The summed E-state index contributed by atoms with van der Waals surface area (Å²) in [6.07, 6.45) is -5.54. The van der Waals surface area contributed by atoms with Crippen molar-refractivity contribution in [2.75, 3.05) is 0 Å². The minimum absolute atomic E-state index is 0.0245. The molecule has 8 heteroatoms. The van der Waals surface area contributed by atoms with Crippen LogP contribution in [-0.4, -0.2) is 22.4 Å². The first-order valence-electron chi connectivity index (χ1n) is 5.98. The highest BCUT2D eigenvalue weighted by atomic mass is 19.4. The lowest BCUT2D eigenvalue weighted by Crippen LogP contribution is -2.17. The number of ether oxygens (including phenoxy) is 1. The van der Waals surface area contributed by atoms with Crippen molar-refractivity contribution in [1.29, 1.82) is 0 Å². The van der Waals surface area contributed by atoms with Crippen molar-refractivity contribution in [2.24, 2.45) is 0 Å². The van der Waals surface area contributed by atoms with Crippen LogP contribution in [0, 0.1) is 5.95 Å². The van der Waals surface area contributed by atoms with Gasteiger partial charge in [-0.3, -0.25) is 4.79 Å². The number of nitrogens with zero attached hydrogens (tertiary/aromatic N) is 1. The van der Waals surface area contributed by atoms with Crippen LogP contribution in [0.1, 0.15) is 5.69 Å². The average molecular weight is 315 g/mol. The zero-order valence-corrected chi connectivity index (χ0v) is 10.9. The normalized spacial score (nSPS) is 11.3. The molecule has 1 aromatic carbocycles. The van der Waals surface area contributed by atoms with Gasteiger partial charge in [-0.2, -0.15) is 4.39 Å². The number of hydrogen-bond donors (Lipinski definition) is 1. The Morgan fingerprint density at radius 3 is 2.45 bits per heavy atom. The van der Waals surface area contributed by atoms with Gasteiger partial charge in [0.1, 0.15) is 5.75 Å². The summed E-state index contributed by atoms with van der Waals surface area (Å²) >= 11 is 0. The molecule has 1 N–H and O–H groups in total. The zero-order valence-electron chi connectivity index (χ0n) is 10.9. The van der Waals surface area contributed by atoms with E-state index in [1.807, 2.05) is 0 Å². The number of rotatable bonds is 4. The summed E-state index contributed by atoms with van der Waals surface area (Å²) in [5, 5.41) is 8.81. The molecular formula is C14H9F4NO3. The predicted octanol–water partition coefficient (Wildman–Crippen LogP) is 3.41. The van der Waals surface area contributed by atoms with Crippen LogP contribution < -0.4 is 4.74 Å². The van der Waals surface area contributed by atoms with Crippen LogP contribution in [0.2, 0.25) is 0 Å². The Morgan fingerprint density at radius 1 is 1.14 bits per heavy atom. The summed E-state index contributed by atoms with van der Waals surface area (Å²) < 4.78 is 54.3.